The molecule has 33 heavy (non-hydrogen) atoms. The van der Waals surface area contributed by atoms with Gasteiger partial charge in [-0.2, -0.15) is 0 Å². The monoisotopic (exact) mass is 451 g/mol. The summed E-state index contributed by atoms with van der Waals surface area (Å²) < 4.78 is 19.2. The van der Waals surface area contributed by atoms with Crippen LogP contribution in [0.25, 0.3) is 5.57 Å². The molecule has 3 nitrogen and oxygen atoms in total. The number of halogens is 1. The Bertz CT molecular complexity index is 949. The van der Waals surface area contributed by atoms with Crippen LogP contribution in [0.5, 0.6) is 0 Å². The van der Waals surface area contributed by atoms with Crippen molar-refractivity contribution < 1.29 is 13.9 Å². The van der Waals surface area contributed by atoms with Gasteiger partial charge in [-0.05, 0) is 85.3 Å². The zero-order valence-electron chi connectivity index (χ0n) is 20.4. The van der Waals surface area contributed by atoms with Gasteiger partial charge in [0.1, 0.15) is 11.9 Å². The lowest BCUT2D eigenvalue weighted by molar-refractivity contribution is -0.144. The van der Waals surface area contributed by atoms with E-state index >= 15 is 0 Å². The molecular weight excluding hydrogens is 413 g/mol. The van der Waals surface area contributed by atoms with Gasteiger partial charge in [0.25, 0.3) is 0 Å². The molecule has 1 unspecified atom stereocenters. The first-order valence-electron chi connectivity index (χ1n) is 12.8. The van der Waals surface area contributed by atoms with Crippen molar-refractivity contribution >= 4 is 11.5 Å². The molecule has 4 heteroatoms. The molecular formula is C29H38FNO2. The lowest BCUT2D eigenvalue weighted by Crippen LogP contribution is -2.43. The fraction of sp³-hybridized carbons (Fsp3) is 0.552. The van der Waals surface area contributed by atoms with Crippen molar-refractivity contribution in [3.05, 3.63) is 65.6 Å². The van der Waals surface area contributed by atoms with Crippen molar-refractivity contribution in [2.45, 2.75) is 59.5 Å². The summed E-state index contributed by atoms with van der Waals surface area (Å²) in [5.74, 6) is 2.58. The Morgan fingerprint density at radius 1 is 1.12 bits per heavy atom. The minimum atomic E-state index is -0.210. The number of fused-ring (bicyclic) bond motifs is 2. The van der Waals surface area contributed by atoms with Crippen LogP contribution in [0.4, 0.5) is 4.39 Å². The maximum absolute atomic E-state index is 13.5. The number of esters is 1. The summed E-state index contributed by atoms with van der Waals surface area (Å²) in [6.45, 7) is 9.10. The summed E-state index contributed by atoms with van der Waals surface area (Å²) in [6, 6.07) is 6.74. The number of carbonyl (C=O) groups is 1. The van der Waals surface area contributed by atoms with Gasteiger partial charge in [0.15, 0.2) is 0 Å². The van der Waals surface area contributed by atoms with Crippen molar-refractivity contribution in [2.24, 2.45) is 35.5 Å². The van der Waals surface area contributed by atoms with Gasteiger partial charge in [-0.1, -0.05) is 51.5 Å². The van der Waals surface area contributed by atoms with Crippen LogP contribution in [0.15, 0.2) is 54.3 Å². The van der Waals surface area contributed by atoms with Crippen LogP contribution in [0.2, 0.25) is 0 Å². The van der Waals surface area contributed by atoms with Crippen molar-refractivity contribution in [3.8, 4) is 0 Å². The molecule has 178 valence electrons. The van der Waals surface area contributed by atoms with Crippen LogP contribution in [0, 0.1) is 41.3 Å². The summed E-state index contributed by atoms with van der Waals surface area (Å²) in [5, 5.41) is 3.47. The average molecular weight is 452 g/mol. The summed E-state index contributed by atoms with van der Waals surface area (Å²) in [7, 11) is 0. The van der Waals surface area contributed by atoms with Crippen LogP contribution in [0.1, 0.15) is 58.9 Å². The summed E-state index contributed by atoms with van der Waals surface area (Å²) in [5.41, 5.74) is 3.07. The second-order valence-electron chi connectivity index (χ2n) is 10.0. The molecule has 2 saturated carbocycles. The molecule has 0 bridgehead atoms. The van der Waals surface area contributed by atoms with E-state index in [0.717, 1.165) is 29.2 Å². The topological polar surface area (TPSA) is 38.3 Å². The standard InChI is InChI=1S/C27H32FNO2.C2H6/c1-16-6-10-23-20(12-16)14-25-26(17(2)31-27(25)30)24(23)11-9-22-8-7-19(15-29-22)18-4-3-5-21(28)13-18;1-2/h3-5,7-9,11,13,16-17,20,23-26,29H,6,10,12,14-15H2,1-2H3;1-2H3/b11-9+;/t16-,17-,20+,23-,24+,25?,26+;/m1./s1. The Kier molecular flexibility index (Phi) is 7.41. The Labute approximate surface area is 198 Å². The van der Waals surface area contributed by atoms with Gasteiger partial charge in [0.2, 0.25) is 0 Å². The lowest BCUT2D eigenvalue weighted by Gasteiger charge is -2.47. The molecule has 0 spiro atoms. The molecule has 0 amide bonds. The number of benzene rings is 1. The Hall–Kier alpha value is -2.36. The molecule has 1 aromatic rings. The van der Waals surface area contributed by atoms with E-state index in [1.54, 1.807) is 12.1 Å². The fourth-order valence-corrected chi connectivity index (χ4v) is 6.57. The van der Waals surface area contributed by atoms with Crippen LogP contribution in [-0.4, -0.2) is 18.6 Å². The Balaban J connectivity index is 0.00000126. The number of ether oxygens (including phenoxy) is 1. The summed E-state index contributed by atoms with van der Waals surface area (Å²) in [6.07, 6.45) is 13.5. The minimum absolute atomic E-state index is 0.000204. The molecule has 5 rings (SSSR count). The number of rotatable bonds is 3. The van der Waals surface area contributed by atoms with E-state index in [4.69, 9.17) is 4.74 Å². The number of carbonyl (C=O) groups excluding carboxylic acids is 1. The molecule has 2 aliphatic carbocycles. The maximum atomic E-state index is 13.5. The van der Waals surface area contributed by atoms with E-state index in [1.807, 2.05) is 19.9 Å². The number of hydrogen-bond acceptors (Lipinski definition) is 3. The minimum Gasteiger partial charge on any atom is -0.462 e. The van der Waals surface area contributed by atoms with E-state index in [1.165, 1.54) is 25.3 Å². The van der Waals surface area contributed by atoms with Gasteiger partial charge in [0.05, 0.1) is 5.92 Å². The SMILES string of the molecule is CC.C[C@@H]1CC[C@@H]2[C@H](CC3C(=O)O[C@H](C)[C@H]3[C@H]2/C=C/C2=CC=C(c3cccc(F)c3)CN2)C1. The Morgan fingerprint density at radius 2 is 1.94 bits per heavy atom. The lowest BCUT2D eigenvalue weighted by atomic mass is 9.56. The first-order valence-corrected chi connectivity index (χ1v) is 12.8. The highest BCUT2D eigenvalue weighted by Gasteiger charge is 2.54. The van der Waals surface area contributed by atoms with E-state index in [2.05, 4.69) is 43.5 Å². The van der Waals surface area contributed by atoms with Crippen molar-refractivity contribution in [1.82, 2.24) is 5.32 Å². The van der Waals surface area contributed by atoms with Gasteiger partial charge in [0, 0.05) is 18.2 Å². The van der Waals surface area contributed by atoms with Crippen molar-refractivity contribution in [3.63, 3.8) is 0 Å². The third-order valence-corrected chi connectivity index (χ3v) is 8.05. The first kappa shape index (κ1) is 23.8. The third kappa shape index (κ3) is 4.95. The summed E-state index contributed by atoms with van der Waals surface area (Å²) in [4.78, 5) is 12.5. The van der Waals surface area contributed by atoms with Crippen molar-refractivity contribution in [1.29, 1.82) is 0 Å². The second-order valence-corrected chi connectivity index (χ2v) is 10.0. The number of cyclic esters (lactones) is 1. The molecule has 0 radical (unpaired) electrons. The molecule has 2 heterocycles. The molecule has 3 fully saturated rings. The predicted octanol–water partition coefficient (Wildman–Crippen LogP) is 6.53. The molecule has 1 N–H and O–H groups in total. The second kappa shape index (κ2) is 10.3. The normalized spacial score (nSPS) is 35.3. The van der Waals surface area contributed by atoms with Crippen molar-refractivity contribution in [2.75, 3.05) is 6.54 Å². The largest absolute Gasteiger partial charge is 0.462 e. The molecule has 1 aromatic carbocycles. The highest BCUT2D eigenvalue weighted by atomic mass is 19.1. The first-order chi connectivity index (χ1) is 16.0. The van der Waals surface area contributed by atoms with Crippen LogP contribution < -0.4 is 5.32 Å². The van der Waals surface area contributed by atoms with Gasteiger partial charge < -0.3 is 10.1 Å². The van der Waals surface area contributed by atoms with Crippen LogP contribution in [0.3, 0.4) is 0 Å². The van der Waals surface area contributed by atoms with Gasteiger partial charge >= 0.3 is 5.97 Å². The average Bonchev–Trinajstić information content (AvgIpc) is 3.11. The highest BCUT2D eigenvalue weighted by Crippen LogP contribution is 2.54. The van der Waals surface area contributed by atoms with E-state index < -0.39 is 0 Å². The molecule has 7 atom stereocenters. The smallest absolute Gasteiger partial charge is 0.309 e. The molecule has 0 aromatic heterocycles. The van der Waals surface area contributed by atoms with E-state index in [-0.39, 0.29) is 23.8 Å². The quantitative estimate of drug-likeness (QED) is 0.531. The highest BCUT2D eigenvalue weighted by molar-refractivity contribution is 5.75. The predicted molar refractivity (Wildman–Crippen MR) is 132 cm³/mol. The zero-order valence-corrected chi connectivity index (χ0v) is 20.4. The molecule has 1 saturated heterocycles. The third-order valence-electron chi connectivity index (χ3n) is 8.05. The molecule has 4 aliphatic rings. The number of dihydropyridines is 1. The van der Waals surface area contributed by atoms with Gasteiger partial charge in [-0.25, -0.2) is 4.39 Å². The number of nitrogens with one attached hydrogen (secondary N) is 1. The number of allylic oxidation sites excluding steroid dienone is 4. The van der Waals surface area contributed by atoms with E-state index in [0.29, 0.717) is 30.2 Å². The van der Waals surface area contributed by atoms with Crippen LogP contribution in [-0.2, 0) is 9.53 Å². The van der Waals surface area contributed by atoms with Crippen LogP contribution >= 0.6 is 0 Å². The Morgan fingerprint density at radius 3 is 2.67 bits per heavy atom. The van der Waals surface area contributed by atoms with E-state index in [9.17, 15) is 9.18 Å². The summed E-state index contributed by atoms with van der Waals surface area (Å²) >= 11 is 0. The van der Waals surface area contributed by atoms with Gasteiger partial charge in [-0.3, -0.25) is 4.79 Å². The number of hydrogen-bond donors (Lipinski definition) is 1. The maximum Gasteiger partial charge on any atom is 0.309 e. The van der Waals surface area contributed by atoms with Gasteiger partial charge in [-0.15, -0.1) is 0 Å². The molecule has 2 aliphatic heterocycles. The zero-order chi connectivity index (χ0) is 23.5. The fourth-order valence-electron chi connectivity index (χ4n) is 6.57.